The van der Waals surface area contributed by atoms with E-state index in [1.165, 1.54) is 0 Å². The van der Waals surface area contributed by atoms with Crippen LogP contribution in [0.5, 0.6) is 11.5 Å². The van der Waals surface area contributed by atoms with Gasteiger partial charge in [-0.05, 0) is 6.07 Å². The first-order valence-corrected chi connectivity index (χ1v) is 5.76. The summed E-state index contributed by atoms with van der Waals surface area (Å²) in [5.41, 5.74) is 6.73. The average Bonchev–Trinajstić information content (AvgIpc) is 2.36. The zero-order valence-corrected chi connectivity index (χ0v) is 11.0. The van der Waals surface area contributed by atoms with Gasteiger partial charge in [0, 0.05) is 17.4 Å². The highest BCUT2D eigenvalue weighted by atomic mass is 16.5. The SMILES string of the molecule is COc1cc2nc(C(C)C)nc(N)c2cc1OC. The largest absolute Gasteiger partial charge is 0.493 e. The molecule has 2 N–H and O–H groups in total. The number of benzene rings is 1. The highest BCUT2D eigenvalue weighted by Crippen LogP contribution is 2.33. The van der Waals surface area contributed by atoms with E-state index in [9.17, 15) is 0 Å². The van der Waals surface area contributed by atoms with Gasteiger partial charge < -0.3 is 15.2 Å². The molecule has 0 fully saturated rings. The third kappa shape index (κ3) is 2.03. The van der Waals surface area contributed by atoms with Crippen molar-refractivity contribution in [3.63, 3.8) is 0 Å². The van der Waals surface area contributed by atoms with Crippen LogP contribution in [0, 0.1) is 0 Å². The zero-order valence-electron chi connectivity index (χ0n) is 11.0. The molecule has 0 aliphatic rings. The Labute approximate surface area is 106 Å². The van der Waals surface area contributed by atoms with Crippen LogP contribution in [-0.4, -0.2) is 24.2 Å². The molecular formula is C13H17N3O2. The van der Waals surface area contributed by atoms with Crippen LogP contribution in [-0.2, 0) is 0 Å². The summed E-state index contributed by atoms with van der Waals surface area (Å²) in [6, 6.07) is 3.62. The molecule has 1 aromatic heterocycles. The Balaban J connectivity index is 2.72. The molecule has 0 bridgehead atoms. The summed E-state index contributed by atoms with van der Waals surface area (Å²) >= 11 is 0. The average molecular weight is 247 g/mol. The molecule has 96 valence electrons. The van der Waals surface area contributed by atoms with Crippen LogP contribution < -0.4 is 15.2 Å². The molecule has 0 saturated heterocycles. The monoisotopic (exact) mass is 247 g/mol. The number of ether oxygens (including phenoxy) is 2. The molecule has 1 heterocycles. The zero-order chi connectivity index (χ0) is 13.3. The van der Waals surface area contributed by atoms with Crippen molar-refractivity contribution < 1.29 is 9.47 Å². The van der Waals surface area contributed by atoms with Crippen molar-refractivity contribution in [2.75, 3.05) is 20.0 Å². The van der Waals surface area contributed by atoms with E-state index in [1.54, 1.807) is 20.3 Å². The molecule has 1 aromatic carbocycles. The Morgan fingerprint density at radius 1 is 1.06 bits per heavy atom. The van der Waals surface area contributed by atoms with Gasteiger partial charge in [-0.15, -0.1) is 0 Å². The maximum atomic E-state index is 5.96. The van der Waals surface area contributed by atoms with Gasteiger partial charge in [0.1, 0.15) is 11.6 Å². The molecule has 18 heavy (non-hydrogen) atoms. The molecule has 0 amide bonds. The maximum absolute atomic E-state index is 5.96. The van der Waals surface area contributed by atoms with Gasteiger partial charge in [0.25, 0.3) is 0 Å². The van der Waals surface area contributed by atoms with E-state index in [0.29, 0.717) is 17.3 Å². The van der Waals surface area contributed by atoms with E-state index < -0.39 is 0 Å². The topological polar surface area (TPSA) is 70.3 Å². The van der Waals surface area contributed by atoms with Crippen LogP contribution in [0.3, 0.4) is 0 Å². The molecule has 2 aromatic rings. The third-order valence-electron chi connectivity index (χ3n) is 2.76. The molecule has 5 nitrogen and oxygen atoms in total. The number of rotatable bonds is 3. The van der Waals surface area contributed by atoms with Gasteiger partial charge in [-0.3, -0.25) is 0 Å². The lowest BCUT2D eigenvalue weighted by atomic mass is 10.1. The number of anilines is 1. The minimum atomic E-state index is 0.227. The normalized spacial score (nSPS) is 10.9. The predicted octanol–water partition coefficient (Wildman–Crippen LogP) is 2.35. The number of methoxy groups -OCH3 is 2. The molecule has 0 aliphatic heterocycles. The fourth-order valence-corrected chi connectivity index (χ4v) is 1.76. The van der Waals surface area contributed by atoms with Crippen molar-refractivity contribution in [1.82, 2.24) is 9.97 Å². The van der Waals surface area contributed by atoms with Gasteiger partial charge in [-0.1, -0.05) is 13.8 Å². The Hall–Kier alpha value is -2.04. The molecule has 0 saturated carbocycles. The molecule has 0 aliphatic carbocycles. The second-order valence-corrected chi connectivity index (χ2v) is 4.35. The van der Waals surface area contributed by atoms with Crippen LogP contribution in [0.4, 0.5) is 5.82 Å². The fourth-order valence-electron chi connectivity index (χ4n) is 1.76. The second kappa shape index (κ2) is 4.68. The number of nitrogens with two attached hydrogens (primary N) is 1. The number of fused-ring (bicyclic) bond motifs is 1. The van der Waals surface area contributed by atoms with Gasteiger partial charge in [-0.25, -0.2) is 9.97 Å². The number of nitrogens with zero attached hydrogens (tertiary/aromatic N) is 2. The third-order valence-corrected chi connectivity index (χ3v) is 2.76. The van der Waals surface area contributed by atoms with Crippen LogP contribution in [0.15, 0.2) is 12.1 Å². The molecule has 0 unspecified atom stereocenters. The van der Waals surface area contributed by atoms with E-state index in [-0.39, 0.29) is 5.92 Å². The minimum absolute atomic E-state index is 0.227. The van der Waals surface area contributed by atoms with E-state index in [2.05, 4.69) is 9.97 Å². The smallest absolute Gasteiger partial charge is 0.162 e. The van der Waals surface area contributed by atoms with Gasteiger partial charge >= 0.3 is 0 Å². The first-order chi connectivity index (χ1) is 8.56. The number of nitrogen functional groups attached to an aromatic ring is 1. The van der Waals surface area contributed by atoms with Crippen molar-refractivity contribution >= 4 is 16.7 Å². The van der Waals surface area contributed by atoms with Crippen LogP contribution in [0.25, 0.3) is 10.9 Å². The minimum Gasteiger partial charge on any atom is -0.493 e. The van der Waals surface area contributed by atoms with E-state index in [0.717, 1.165) is 16.7 Å². The summed E-state index contributed by atoms with van der Waals surface area (Å²) < 4.78 is 10.5. The van der Waals surface area contributed by atoms with Crippen molar-refractivity contribution in [1.29, 1.82) is 0 Å². The number of aromatic nitrogens is 2. The van der Waals surface area contributed by atoms with Crippen molar-refractivity contribution in [2.24, 2.45) is 0 Å². The second-order valence-electron chi connectivity index (χ2n) is 4.35. The summed E-state index contributed by atoms with van der Waals surface area (Å²) in [7, 11) is 3.18. The highest BCUT2D eigenvalue weighted by Gasteiger charge is 2.12. The van der Waals surface area contributed by atoms with Crippen molar-refractivity contribution in [3.05, 3.63) is 18.0 Å². The van der Waals surface area contributed by atoms with Gasteiger partial charge in [0.2, 0.25) is 0 Å². The van der Waals surface area contributed by atoms with Crippen LogP contribution >= 0.6 is 0 Å². The lowest BCUT2D eigenvalue weighted by Gasteiger charge is -2.11. The summed E-state index contributed by atoms with van der Waals surface area (Å²) in [6.45, 7) is 4.06. The number of hydrogen-bond acceptors (Lipinski definition) is 5. The molecule has 5 heteroatoms. The summed E-state index contributed by atoms with van der Waals surface area (Å²) in [4.78, 5) is 8.79. The Bertz CT molecular complexity index is 582. The lowest BCUT2D eigenvalue weighted by molar-refractivity contribution is 0.356. The number of hydrogen-bond donors (Lipinski definition) is 1. The maximum Gasteiger partial charge on any atom is 0.162 e. The fraction of sp³-hybridized carbons (Fsp3) is 0.385. The Morgan fingerprint density at radius 3 is 2.22 bits per heavy atom. The summed E-state index contributed by atoms with van der Waals surface area (Å²) in [5.74, 6) is 2.68. The molecule has 0 radical (unpaired) electrons. The van der Waals surface area contributed by atoms with E-state index in [4.69, 9.17) is 15.2 Å². The lowest BCUT2D eigenvalue weighted by Crippen LogP contribution is -2.03. The molecular weight excluding hydrogens is 230 g/mol. The van der Waals surface area contributed by atoms with Gasteiger partial charge in [0.05, 0.1) is 19.7 Å². The Kier molecular flexibility index (Phi) is 3.23. The summed E-state index contributed by atoms with van der Waals surface area (Å²) in [5, 5.41) is 0.775. The van der Waals surface area contributed by atoms with Gasteiger partial charge in [0.15, 0.2) is 11.5 Å². The Morgan fingerprint density at radius 2 is 1.67 bits per heavy atom. The van der Waals surface area contributed by atoms with E-state index >= 15 is 0 Å². The first kappa shape index (κ1) is 12.4. The molecule has 0 atom stereocenters. The van der Waals surface area contributed by atoms with Gasteiger partial charge in [-0.2, -0.15) is 0 Å². The first-order valence-electron chi connectivity index (χ1n) is 5.76. The summed E-state index contributed by atoms with van der Waals surface area (Å²) in [6.07, 6.45) is 0. The van der Waals surface area contributed by atoms with E-state index in [1.807, 2.05) is 19.9 Å². The van der Waals surface area contributed by atoms with Crippen LogP contribution in [0.2, 0.25) is 0 Å². The van der Waals surface area contributed by atoms with Crippen molar-refractivity contribution in [2.45, 2.75) is 19.8 Å². The molecule has 2 rings (SSSR count). The quantitative estimate of drug-likeness (QED) is 0.901. The van der Waals surface area contributed by atoms with Crippen molar-refractivity contribution in [3.8, 4) is 11.5 Å². The molecule has 0 spiro atoms. The highest BCUT2D eigenvalue weighted by molar-refractivity contribution is 5.90. The predicted molar refractivity (Wildman–Crippen MR) is 71.1 cm³/mol. The van der Waals surface area contributed by atoms with Crippen LogP contribution in [0.1, 0.15) is 25.6 Å². The standard InChI is InChI=1S/C13H17N3O2/c1-7(2)13-15-9-6-11(18-4)10(17-3)5-8(9)12(14)16-13/h5-7H,1-4H3,(H2,14,15,16).